The minimum Gasteiger partial charge on any atom is -0.457 e. The third-order valence-corrected chi connectivity index (χ3v) is 3.97. The fourth-order valence-electron chi connectivity index (χ4n) is 2.63. The maximum absolute atomic E-state index is 13.1. The summed E-state index contributed by atoms with van der Waals surface area (Å²) in [7, 11) is 0. The third kappa shape index (κ3) is 4.06. The molecule has 132 valence electrons. The van der Waals surface area contributed by atoms with Gasteiger partial charge in [0.25, 0.3) is 5.91 Å². The zero-order valence-electron chi connectivity index (χ0n) is 14.6. The monoisotopic (exact) mass is 350 g/mol. The zero-order valence-corrected chi connectivity index (χ0v) is 14.6. The van der Waals surface area contributed by atoms with E-state index in [0.717, 1.165) is 17.7 Å². The minimum atomic E-state index is -0.607. The van der Waals surface area contributed by atoms with Crippen molar-refractivity contribution in [3.63, 3.8) is 0 Å². The van der Waals surface area contributed by atoms with Crippen molar-refractivity contribution in [1.82, 2.24) is 4.98 Å². The Morgan fingerprint density at radius 1 is 1.12 bits per heavy atom. The molecule has 0 saturated carbocycles. The van der Waals surface area contributed by atoms with Gasteiger partial charge >= 0.3 is 0 Å². The van der Waals surface area contributed by atoms with Crippen molar-refractivity contribution in [2.45, 2.75) is 20.3 Å². The number of aryl methyl sites for hydroxylation is 2. The SMILES string of the molecule is CCc1ccccc1Oc1cccc(NC(=O)c2ccc(F)nc2C)c1. The Bertz CT molecular complexity index is 941. The molecule has 2 aromatic carbocycles. The van der Waals surface area contributed by atoms with Crippen LogP contribution >= 0.6 is 0 Å². The van der Waals surface area contributed by atoms with E-state index in [-0.39, 0.29) is 5.91 Å². The highest BCUT2D eigenvalue weighted by Gasteiger charge is 2.12. The number of carbonyl (C=O) groups is 1. The average molecular weight is 350 g/mol. The number of nitrogens with one attached hydrogen (secondary N) is 1. The van der Waals surface area contributed by atoms with Gasteiger partial charge in [0.2, 0.25) is 5.95 Å². The highest BCUT2D eigenvalue weighted by atomic mass is 19.1. The summed E-state index contributed by atoms with van der Waals surface area (Å²) >= 11 is 0. The van der Waals surface area contributed by atoms with Gasteiger partial charge in [-0.1, -0.05) is 31.2 Å². The Balaban J connectivity index is 1.78. The first-order valence-electron chi connectivity index (χ1n) is 8.37. The van der Waals surface area contributed by atoms with E-state index in [2.05, 4.69) is 17.2 Å². The molecule has 1 heterocycles. The van der Waals surface area contributed by atoms with E-state index in [9.17, 15) is 9.18 Å². The summed E-state index contributed by atoms with van der Waals surface area (Å²) in [5.41, 5.74) is 2.36. The Morgan fingerprint density at radius 3 is 2.69 bits per heavy atom. The van der Waals surface area contributed by atoms with Crippen molar-refractivity contribution in [3.8, 4) is 11.5 Å². The van der Waals surface area contributed by atoms with Crippen LogP contribution in [0.1, 0.15) is 28.5 Å². The highest BCUT2D eigenvalue weighted by molar-refractivity contribution is 6.05. The number of benzene rings is 2. The van der Waals surface area contributed by atoms with Crippen molar-refractivity contribution in [2.24, 2.45) is 0 Å². The molecule has 3 aromatic rings. The van der Waals surface area contributed by atoms with Crippen LogP contribution in [-0.4, -0.2) is 10.9 Å². The molecule has 1 N–H and O–H groups in total. The molecule has 0 aliphatic rings. The molecule has 1 aromatic heterocycles. The highest BCUT2D eigenvalue weighted by Crippen LogP contribution is 2.27. The van der Waals surface area contributed by atoms with Gasteiger partial charge in [0, 0.05) is 11.8 Å². The fourth-order valence-corrected chi connectivity index (χ4v) is 2.63. The van der Waals surface area contributed by atoms with Gasteiger partial charge in [0.1, 0.15) is 11.5 Å². The number of hydrogen-bond donors (Lipinski definition) is 1. The van der Waals surface area contributed by atoms with Crippen molar-refractivity contribution >= 4 is 11.6 Å². The van der Waals surface area contributed by atoms with Crippen LogP contribution in [-0.2, 0) is 6.42 Å². The molecule has 0 unspecified atom stereocenters. The molecule has 0 spiro atoms. The van der Waals surface area contributed by atoms with Gasteiger partial charge in [-0.3, -0.25) is 4.79 Å². The van der Waals surface area contributed by atoms with Crippen LogP contribution in [0, 0.1) is 12.9 Å². The Labute approximate surface area is 151 Å². The molecule has 0 atom stereocenters. The van der Waals surface area contributed by atoms with Crippen molar-refractivity contribution < 1.29 is 13.9 Å². The summed E-state index contributed by atoms with van der Waals surface area (Å²) in [5.74, 6) is 0.458. The van der Waals surface area contributed by atoms with Crippen LogP contribution in [0.2, 0.25) is 0 Å². The van der Waals surface area contributed by atoms with Crippen LogP contribution < -0.4 is 10.1 Å². The number of anilines is 1. The van der Waals surface area contributed by atoms with Gasteiger partial charge in [0.05, 0.1) is 11.3 Å². The van der Waals surface area contributed by atoms with Crippen LogP contribution in [0.3, 0.4) is 0 Å². The third-order valence-electron chi connectivity index (χ3n) is 3.97. The lowest BCUT2D eigenvalue weighted by Crippen LogP contribution is -2.14. The van der Waals surface area contributed by atoms with Crippen molar-refractivity contribution in [3.05, 3.63) is 83.4 Å². The average Bonchev–Trinajstić information content (AvgIpc) is 2.62. The van der Waals surface area contributed by atoms with Gasteiger partial charge in [0.15, 0.2) is 0 Å². The number of aromatic nitrogens is 1. The smallest absolute Gasteiger partial charge is 0.257 e. The first kappa shape index (κ1) is 17.6. The van der Waals surface area contributed by atoms with E-state index in [1.807, 2.05) is 30.3 Å². The Hall–Kier alpha value is -3.21. The summed E-state index contributed by atoms with van der Waals surface area (Å²) in [6, 6.07) is 17.6. The molecular formula is C21H19FN2O2. The summed E-state index contributed by atoms with van der Waals surface area (Å²) in [4.78, 5) is 16.1. The van der Waals surface area contributed by atoms with Crippen LogP contribution in [0.4, 0.5) is 10.1 Å². The summed E-state index contributed by atoms with van der Waals surface area (Å²) in [5, 5.41) is 2.79. The number of hydrogen-bond acceptors (Lipinski definition) is 3. The van der Waals surface area contributed by atoms with Crippen LogP contribution in [0.25, 0.3) is 0 Å². The number of rotatable bonds is 5. The van der Waals surface area contributed by atoms with Gasteiger partial charge in [-0.05, 0) is 49.2 Å². The molecule has 0 saturated heterocycles. The lowest BCUT2D eigenvalue weighted by atomic mass is 10.1. The summed E-state index contributed by atoms with van der Waals surface area (Å²) in [6.45, 7) is 3.66. The maximum atomic E-state index is 13.1. The second-order valence-corrected chi connectivity index (χ2v) is 5.81. The predicted octanol–water partition coefficient (Wildman–Crippen LogP) is 5.14. The number of nitrogens with zero attached hydrogens (tertiary/aromatic N) is 1. The second kappa shape index (κ2) is 7.78. The van der Waals surface area contributed by atoms with Crippen LogP contribution in [0.15, 0.2) is 60.7 Å². The maximum Gasteiger partial charge on any atom is 0.257 e. The molecule has 4 nitrogen and oxygen atoms in total. The summed E-state index contributed by atoms with van der Waals surface area (Å²) < 4.78 is 19.1. The Morgan fingerprint density at radius 2 is 1.92 bits per heavy atom. The minimum absolute atomic E-state index is 0.328. The first-order chi connectivity index (χ1) is 12.6. The van der Waals surface area contributed by atoms with Gasteiger partial charge in [-0.15, -0.1) is 0 Å². The van der Waals surface area contributed by atoms with Gasteiger partial charge in [-0.2, -0.15) is 4.39 Å². The largest absolute Gasteiger partial charge is 0.457 e. The standard InChI is InChI=1S/C21H19FN2O2/c1-3-15-7-4-5-10-19(15)26-17-9-6-8-16(13-17)24-21(25)18-11-12-20(22)23-14(18)2/h4-13H,3H2,1-2H3,(H,24,25). The number of carbonyl (C=O) groups excluding carboxylic acids is 1. The number of ether oxygens (including phenoxy) is 1. The van der Waals surface area contributed by atoms with E-state index < -0.39 is 5.95 Å². The molecular weight excluding hydrogens is 331 g/mol. The normalized spacial score (nSPS) is 10.4. The molecule has 0 aliphatic carbocycles. The second-order valence-electron chi connectivity index (χ2n) is 5.81. The molecule has 1 amide bonds. The van der Waals surface area contributed by atoms with E-state index in [1.165, 1.54) is 12.1 Å². The first-order valence-corrected chi connectivity index (χ1v) is 8.37. The molecule has 26 heavy (non-hydrogen) atoms. The Kier molecular flexibility index (Phi) is 5.27. The summed E-state index contributed by atoms with van der Waals surface area (Å²) in [6.07, 6.45) is 0.865. The van der Waals surface area contributed by atoms with Crippen LogP contribution in [0.5, 0.6) is 11.5 Å². The quantitative estimate of drug-likeness (QED) is 0.649. The molecule has 5 heteroatoms. The number of para-hydroxylation sites is 1. The lowest BCUT2D eigenvalue weighted by Gasteiger charge is -2.12. The number of halogens is 1. The van der Waals surface area contributed by atoms with Gasteiger partial charge < -0.3 is 10.1 Å². The zero-order chi connectivity index (χ0) is 18.5. The number of pyridine rings is 1. The molecule has 0 aliphatic heterocycles. The molecule has 0 bridgehead atoms. The van der Waals surface area contributed by atoms with Crippen molar-refractivity contribution in [2.75, 3.05) is 5.32 Å². The predicted molar refractivity (Wildman–Crippen MR) is 99.2 cm³/mol. The van der Waals surface area contributed by atoms with Gasteiger partial charge in [-0.25, -0.2) is 4.98 Å². The van der Waals surface area contributed by atoms with E-state index >= 15 is 0 Å². The molecule has 0 radical (unpaired) electrons. The number of amides is 1. The lowest BCUT2D eigenvalue weighted by molar-refractivity contribution is 0.102. The van der Waals surface area contributed by atoms with E-state index in [1.54, 1.807) is 25.1 Å². The molecule has 0 fully saturated rings. The van der Waals surface area contributed by atoms with E-state index in [0.29, 0.717) is 22.7 Å². The fraction of sp³-hybridized carbons (Fsp3) is 0.143. The molecule has 3 rings (SSSR count). The topological polar surface area (TPSA) is 51.2 Å². The van der Waals surface area contributed by atoms with Crippen molar-refractivity contribution in [1.29, 1.82) is 0 Å². The van der Waals surface area contributed by atoms with E-state index in [4.69, 9.17) is 4.74 Å².